The summed E-state index contributed by atoms with van der Waals surface area (Å²) in [5, 5.41) is 5.74. The molecule has 0 amide bonds. The van der Waals surface area contributed by atoms with E-state index in [0.29, 0.717) is 6.17 Å². The fourth-order valence-corrected chi connectivity index (χ4v) is 6.20. The number of aromatic nitrogens is 1. The van der Waals surface area contributed by atoms with Crippen LogP contribution in [0.25, 0.3) is 21.2 Å². The molecule has 8 rings (SSSR count). The maximum Gasteiger partial charge on any atom is 0.134 e. The van der Waals surface area contributed by atoms with Gasteiger partial charge in [0.25, 0.3) is 0 Å². The highest BCUT2D eigenvalue weighted by molar-refractivity contribution is 7.18. The molecule has 6 aromatic rings. The maximum atomic E-state index is 5.72. The van der Waals surface area contributed by atoms with Crippen LogP contribution in [0.5, 0.6) is 5.75 Å². The van der Waals surface area contributed by atoms with Crippen molar-refractivity contribution in [2.45, 2.75) is 159 Å². The lowest BCUT2D eigenvalue weighted by atomic mass is 9.82. The highest BCUT2D eigenvalue weighted by Crippen LogP contribution is 2.42. The number of fused-ring (bicyclic) bond motifs is 4. The van der Waals surface area contributed by atoms with Crippen molar-refractivity contribution in [2.75, 3.05) is 17.3 Å². The number of ether oxygens (including phenoxy) is 1. The molecule has 57 heavy (non-hydrogen) atoms. The minimum absolute atomic E-state index is 0. The number of aryl methyl sites for hydroxylation is 3. The molecule has 2 aliphatic rings. The molecule has 0 aliphatic carbocycles. The molecule has 0 fully saturated rings. The second-order valence-corrected chi connectivity index (χ2v) is 13.1. The van der Waals surface area contributed by atoms with E-state index in [1.165, 1.54) is 32.6 Å². The van der Waals surface area contributed by atoms with E-state index in [4.69, 9.17) is 9.15 Å². The number of hydrogen-bond donors (Lipinski definition) is 1. The molecule has 0 spiro atoms. The van der Waals surface area contributed by atoms with Crippen molar-refractivity contribution in [3.63, 3.8) is 0 Å². The monoisotopic (exact) mass is 806 g/mol. The van der Waals surface area contributed by atoms with Crippen molar-refractivity contribution >= 4 is 43.9 Å². The molecule has 2 aromatic heterocycles. The number of thiazole rings is 1. The van der Waals surface area contributed by atoms with Crippen molar-refractivity contribution in [2.24, 2.45) is 0 Å². The maximum absolute atomic E-state index is 5.72. The third kappa shape index (κ3) is 16.6. The Morgan fingerprint density at radius 3 is 1.74 bits per heavy atom. The van der Waals surface area contributed by atoms with Crippen molar-refractivity contribution in [1.29, 1.82) is 0 Å². The van der Waals surface area contributed by atoms with Gasteiger partial charge in [-0.2, -0.15) is 0 Å². The Kier molecular flexibility index (Phi) is 34.5. The zero-order chi connectivity index (χ0) is 39.4. The Hall–Kier alpha value is -4.29. The second kappa shape index (κ2) is 31.8. The smallest absolute Gasteiger partial charge is 0.134 e. The van der Waals surface area contributed by atoms with Gasteiger partial charge in [0.05, 0.1) is 32.8 Å². The van der Waals surface area contributed by atoms with E-state index < -0.39 is 0 Å². The number of hydrogen-bond acceptors (Lipinski definition) is 6. The predicted octanol–water partition coefficient (Wildman–Crippen LogP) is 17.6. The molecule has 0 radical (unpaired) electrons. The van der Waals surface area contributed by atoms with Crippen LogP contribution in [0.15, 0.2) is 101 Å². The molecule has 2 atom stereocenters. The first-order chi connectivity index (χ1) is 25.1. The number of anilines is 2. The van der Waals surface area contributed by atoms with E-state index in [2.05, 4.69) is 105 Å². The van der Waals surface area contributed by atoms with Crippen molar-refractivity contribution < 1.29 is 9.15 Å². The zero-order valence-corrected chi connectivity index (χ0v) is 35.8. The Labute approximate surface area is 357 Å². The summed E-state index contributed by atoms with van der Waals surface area (Å²) in [7, 11) is 2.10. The largest absolute Gasteiger partial charge is 0.490 e. The van der Waals surface area contributed by atoms with E-state index in [1.807, 2.05) is 118 Å². The Morgan fingerprint density at radius 1 is 0.667 bits per heavy atom. The number of rotatable bonds is 0. The normalized spacial score (nSPS) is 13.6. The first-order valence-corrected chi connectivity index (χ1v) is 20.0. The summed E-state index contributed by atoms with van der Waals surface area (Å²) in [5.41, 5.74) is 7.38. The number of para-hydroxylation sites is 5. The summed E-state index contributed by atoms with van der Waals surface area (Å²) in [5.74, 6) is 2.07. The Morgan fingerprint density at radius 2 is 1.18 bits per heavy atom. The van der Waals surface area contributed by atoms with Gasteiger partial charge >= 0.3 is 0 Å². The van der Waals surface area contributed by atoms with E-state index in [-0.39, 0.29) is 48.7 Å². The first-order valence-electron chi connectivity index (χ1n) is 19.2. The van der Waals surface area contributed by atoms with Crippen molar-refractivity contribution in [1.82, 2.24) is 4.98 Å². The van der Waals surface area contributed by atoms with Crippen LogP contribution in [0, 0.1) is 20.8 Å². The average molecular weight is 806 g/mol. The summed E-state index contributed by atoms with van der Waals surface area (Å²) < 4.78 is 12.5. The molecule has 5 nitrogen and oxygen atoms in total. The lowest BCUT2D eigenvalue weighted by molar-refractivity contribution is 0.185. The average Bonchev–Trinajstić information content (AvgIpc) is 3.88. The van der Waals surface area contributed by atoms with Crippen LogP contribution in [0.2, 0.25) is 0 Å². The third-order valence-electron chi connectivity index (χ3n) is 8.61. The number of benzene rings is 4. The summed E-state index contributed by atoms with van der Waals surface area (Å²) in [4.78, 5) is 6.56. The predicted molar refractivity (Wildman–Crippen MR) is 267 cm³/mol. The number of nitrogens with one attached hydrogen (secondary N) is 1. The highest BCUT2D eigenvalue weighted by Gasteiger charge is 2.38. The number of furan rings is 1. The molecular formula is C51H87N3O2S. The van der Waals surface area contributed by atoms with Gasteiger partial charge in [-0.05, 0) is 76.6 Å². The highest BCUT2D eigenvalue weighted by atomic mass is 32.1. The summed E-state index contributed by atoms with van der Waals surface area (Å²) in [6.07, 6.45) is 0.710. The standard InChI is InChI=1S/C11H14O.C10H10O.C9H12N2.C8H7NS.4C2H6.5CH4/c1-8-11(2,3)9-6-4-5-7-10(9)12-8;1-7-8(2)11-10-6-4-3-5-9(7)10;1-7-10-8-5-3-4-6-9(8)11(7)2;1-6-9-7-4-2-3-5-8(7)10-6;4*1-2;;;;;/h4-8H,1-3H3;3-6H,1-2H3;3-7,10H,1-2H3;2-5H,1H3;4*1-2H3;5*1H4. The lowest BCUT2D eigenvalue weighted by Gasteiger charge is -2.21. The fourth-order valence-electron chi connectivity index (χ4n) is 5.38. The minimum Gasteiger partial charge on any atom is -0.490 e. The molecule has 0 saturated heterocycles. The lowest BCUT2D eigenvalue weighted by Crippen LogP contribution is -2.28. The van der Waals surface area contributed by atoms with Crippen LogP contribution in [0.4, 0.5) is 11.4 Å². The van der Waals surface area contributed by atoms with Gasteiger partial charge in [0.2, 0.25) is 0 Å². The summed E-state index contributed by atoms with van der Waals surface area (Å²) in [6, 6.07) is 32.9. The molecule has 1 N–H and O–H groups in total. The second-order valence-electron chi connectivity index (χ2n) is 11.9. The Bertz CT molecular complexity index is 1820. The van der Waals surface area contributed by atoms with E-state index >= 15 is 0 Å². The molecule has 2 aliphatic heterocycles. The van der Waals surface area contributed by atoms with Crippen LogP contribution in [-0.2, 0) is 5.41 Å². The van der Waals surface area contributed by atoms with E-state index in [0.717, 1.165) is 27.6 Å². The van der Waals surface area contributed by atoms with Gasteiger partial charge in [-0.25, -0.2) is 4.98 Å². The molecule has 4 heterocycles. The van der Waals surface area contributed by atoms with E-state index in [1.54, 1.807) is 11.3 Å². The van der Waals surface area contributed by atoms with Gasteiger partial charge in [0.1, 0.15) is 23.2 Å². The van der Waals surface area contributed by atoms with Gasteiger partial charge < -0.3 is 19.4 Å². The molecule has 324 valence electrons. The van der Waals surface area contributed by atoms with Crippen LogP contribution >= 0.6 is 11.3 Å². The Balaban J connectivity index is -0.000000194. The van der Waals surface area contributed by atoms with Gasteiger partial charge in [0.15, 0.2) is 0 Å². The van der Waals surface area contributed by atoms with Crippen molar-refractivity contribution in [3.05, 3.63) is 119 Å². The van der Waals surface area contributed by atoms with Crippen LogP contribution in [0.3, 0.4) is 0 Å². The fraction of sp³-hybridized carbons (Fsp3) is 0.471. The molecule has 0 bridgehead atoms. The van der Waals surface area contributed by atoms with Crippen LogP contribution < -0.4 is 15.0 Å². The first kappa shape index (κ1) is 61.9. The molecule has 2 unspecified atom stereocenters. The summed E-state index contributed by atoms with van der Waals surface area (Å²) >= 11 is 1.74. The zero-order valence-electron chi connectivity index (χ0n) is 35.0. The van der Waals surface area contributed by atoms with Crippen LogP contribution in [-0.4, -0.2) is 24.3 Å². The van der Waals surface area contributed by atoms with Gasteiger partial charge in [-0.3, -0.25) is 0 Å². The molecular weight excluding hydrogens is 719 g/mol. The SMILES string of the molecule is C.C.C.C.C.CC.CC.CC.CC.CC1Nc2ccccc2N1C.CC1Oc2ccccc2C1(C)C.Cc1nc2ccccc2s1.Cc1oc2ccccc2c1C. The molecule has 6 heteroatoms. The van der Waals surface area contributed by atoms with Crippen molar-refractivity contribution in [3.8, 4) is 5.75 Å². The quantitative estimate of drug-likeness (QED) is 0.166. The topological polar surface area (TPSA) is 50.5 Å². The van der Waals surface area contributed by atoms with Gasteiger partial charge in [-0.15, -0.1) is 11.3 Å². The number of nitrogens with zero attached hydrogens (tertiary/aromatic N) is 2. The van der Waals surface area contributed by atoms with Gasteiger partial charge in [-0.1, -0.05) is 167 Å². The molecule has 0 saturated carbocycles. The van der Waals surface area contributed by atoms with E-state index in [9.17, 15) is 0 Å². The minimum atomic E-state index is 0. The molecule has 4 aromatic carbocycles. The summed E-state index contributed by atoms with van der Waals surface area (Å²) in [6.45, 7) is 30.8. The van der Waals surface area contributed by atoms with Crippen LogP contribution in [0.1, 0.15) is 142 Å². The van der Waals surface area contributed by atoms with Gasteiger partial charge in [0, 0.05) is 23.4 Å². The third-order valence-corrected chi connectivity index (χ3v) is 9.57.